The van der Waals surface area contributed by atoms with Crippen LogP contribution in [0.3, 0.4) is 0 Å². The van der Waals surface area contributed by atoms with Gasteiger partial charge < -0.3 is 4.90 Å². The van der Waals surface area contributed by atoms with Gasteiger partial charge in [-0.25, -0.2) is 12.8 Å². The van der Waals surface area contributed by atoms with E-state index >= 15 is 0 Å². The summed E-state index contributed by atoms with van der Waals surface area (Å²) in [6.07, 6.45) is 5.10. The molecule has 0 aromatic heterocycles. The molecule has 2 fully saturated rings. The van der Waals surface area contributed by atoms with Gasteiger partial charge >= 0.3 is 0 Å². The van der Waals surface area contributed by atoms with Crippen molar-refractivity contribution in [1.82, 2.24) is 9.21 Å². The Morgan fingerprint density at radius 2 is 1.44 bits per heavy atom. The molecule has 2 saturated heterocycles. The van der Waals surface area contributed by atoms with Gasteiger partial charge in [0.25, 0.3) is 0 Å². The van der Waals surface area contributed by atoms with Crippen LogP contribution in [0.15, 0.2) is 41.3 Å². The summed E-state index contributed by atoms with van der Waals surface area (Å²) >= 11 is 0. The second-order valence-corrected chi connectivity index (χ2v) is 11.5. The Hall–Kier alpha value is -1.76. The molecule has 174 valence electrons. The third-order valence-corrected chi connectivity index (χ3v) is 9.43. The molecule has 2 aromatic rings. The van der Waals surface area contributed by atoms with E-state index in [9.17, 15) is 12.8 Å². The molecule has 6 heteroatoms. The van der Waals surface area contributed by atoms with Crippen molar-refractivity contribution in [3.63, 3.8) is 0 Å². The highest BCUT2D eigenvalue weighted by Gasteiger charge is 2.34. The molecule has 0 spiro atoms. The molecule has 4 nitrogen and oxygen atoms in total. The molecule has 0 unspecified atom stereocenters. The minimum Gasteiger partial charge on any atom is -0.300 e. The Morgan fingerprint density at radius 3 is 2.00 bits per heavy atom. The van der Waals surface area contributed by atoms with Crippen molar-refractivity contribution in [3.8, 4) is 0 Å². The first-order valence-electron chi connectivity index (χ1n) is 11.8. The number of sulfonamides is 1. The Kier molecular flexibility index (Phi) is 7.03. The first-order chi connectivity index (χ1) is 15.2. The van der Waals surface area contributed by atoms with Crippen molar-refractivity contribution in [2.45, 2.75) is 63.8 Å². The minimum atomic E-state index is -3.45. The Bertz CT molecular complexity index is 1010. The molecule has 2 aliphatic rings. The maximum Gasteiger partial charge on any atom is 0.243 e. The Labute approximate surface area is 192 Å². The van der Waals surface area contributed by atoms with Crippen molar-refractivity contribution < 1.29 is 12.8 Å². The van der Waals surface area contributed by atoms with Crippen LogP contribution in [0, 0.1) is 32.5 Å². The highest BCUT2D eigenvalue weighted by molar-refractivity contribution is 7.89. The second kappa shape index (κ2) is 9.62. The predicted octanol–water partition coefficient (Wildman–Crippen LogP) is 4.86. The summed E-state index contributed by atoms with van der Waals surface area (Å²) in [5.74, 6) is 0.467. The maximum absolute atomic E-state index is 13.3. The molecular formula is C26H35FN2O2S. The normalized spacial score (nSPS) is 20.0. The summed E-state index contributed by atoms with van der Waals surface area (Å²) in [6, 6.07) is 11.3. The molecule has 32 heavy (non-hydrogen) atoms. The van der Waals surface area contributed by atoms with Crippen molar-refractivity contribution >= 4 is 10.0 Å². The first kappa shape index (κ1) is 23.4. The highest BCUT2D eigenvalue weighted by atomic mass is 32.2. The zero-order valence-corrected chi connectivity index (χ0v) is 20.3. The average Bonchev–Trinajstić information content (AvgIpc) is 2.75. The number of piperidine rings is 2. The van der Waals surface area contributed by atoms with Crippen LogP contribution in [-0.4, -0.2) is 49.8 Å². The maximum atomic E-state index is 13.3. The van der Waals surface area contributed by atoms with Crippen LogP contribution in [0.1, 0.15) is 47.9 Å². The van der Waals surface area contributed by atoms with Crippen LogP contribution in [-0.2, 0) is 16.4 Å². The van der Waals surface area contributed by atoms with E-state index in [1.54, 1.807) is 16.4 Å². The van der Waals surface area contributed by atoms with Crippen molar-refractivity contribution in [3.05, 3.63) is 64.5 Å². The number of rotatable bonds is 5. The summed E-state index contributed by atoms with van der Waals surface area (Å²) in [6.45, 7) is 9.12. The molecule has 4 rings (SSSR count). The quantitative estimate of drug-likeness (QED) is 0.643. The van der Waals surface area contributed by atoms with Crippen molar-refractivity contribution in [2.75, 3.05) is 26.2 Å². The molecule has 2 aromatic carbocycles. The van der Waals surface area contributed by atoms with Crippen LogP contribution < -0.4 is 0 Å². The van der Waals surface area contributed by atoms with Gasteiger partial charge in [-0.15, -0.1) is 0 Å². The van der Waals surface area contributed by atoms with Gasteiger partial charge in [-0.3, -0.25) is 0 Å². The first-order valence-corrected chi connectivity index (χ1v) is 13.2. The van der Waals surface area contributed by atoms with Crippen LogP contribution in [0.5, 0.6) is 0 Å². The number of benzene rings is 2. The molecule has 0 amide bonds. The van der Waals surface area contributed by atoms with E-state index < -0.39 is 10.0 Å². The summed E-state index contributed by atoms with van der Waals surface area (Å²) in [7, 11) is -3.45. The highest BCUT2D eigenvalue weighted by Crippen LogP contribution is 2.30. The lowest BCUT2D eigenvalue weighted by atomic mass is 9.89. The lowest BCUT2D eigenvalue weighted by Crippen LogP contribution is -2.49. The minimum absolute atomic E-state index is 0.176. The third-order valence-electron chi connectivity index (χ3n) is 7.23. The number of likely N-dealkylation sites (tertiary alicyclic amines) is 1. The molecule has 0 radical (unpaired) electrons. The summed E-state index contributed by atoms with van der Waals surface area (Å²) < 4.78 is 41.5. The summed E-state index contributed by atoms with van der Waals surface area (Å²) in [4.78, 5) is 3.05. The van der Waals surface area contributed by atoms with Crippen molar-refractivity contribution in [1.29, 1.82) is 0 Å². The van der Waals surface area contributed by atoms with Gasteiger partial charge in [-0.2, -0.15) is 4.31 Å². The predicted molar refractivity (Wildman–Crippen MR) is 127 cm³/mol. The van der Waals surface area contributed by atoms with Gasteiger partial charge in [0.05, 0.1) is 4.90 Å². The smallest absolute Gasteiger partial charge is 0.243 e. The zero-order valence-electron chi connectivity index (χ0n) is 19.5. The molecule has 0 aliphatic carbocycles. The zero-order chi connectivity index (χ0) is 22.9. The topological polar surface area (TPSA) is 40.6 Å². The van der Waals surface area contributed by atoms with Gasteiger partial charge in [0.15, 0.2) is 0 Å². The van der Waals surface area contributed by atoms with Crippen LogP contribution in [0.4, 0.5) is 4.39 Å². The molecule has 2 aliphatic heterocycles. The Morgan fingerprint density at radius 1 is 0.875 bits per heavy atom. The average molecular weight is 459 g/mol. The SMILES string of the molecule is Cc1cc(C)c(S(=O)(=O)N2CCC(N3CCC(Cc4ccc(F)cc4)CC3)CC2)c(C)c1. The Balaban J connectivity index is 1.31. The van der Waals surface area contributed by atoms with E-state index in [1.807, 2.05) is 45.0 Å². The lowest BCUT2D eigenvalue weighted by Gasteiger charge is -2.41. The summed E-state index contributed by atoms with van der Waals surface area (Å²) in [5, 5.41) is 0. The summed E-state index contributed by atoms with van der Waals surface area (Å²) in [5.41, 5.74) is 3.99. The second-order valence-electron chi connectivity index (χ2n) is 9.67. The van der Waals surface area contributed by atoms with Gasteiger partial charge in [-0.1, -0.05) is 29.8 Å². The van der Waals surface area contributed by atoms with Crippen LogP contribution in [0.25, 0.3) is 0 Å². The van der Waals surface area contributed by atoms with Crippen molar-refractivity contribution in [2.24, 2.45) is 5.92 Å². The van der Waals surface area contributed by atoms with Gasteiger partial charge in [-0.05, 0) is 101 Å². The van der Waals surface area contributed by atoms with Crippen LogP contribution >= 0.6 is 0 Å². The van der Waals surface area contributed by atoms with E-state index in [0.29, 0.717) is 29.9 Å². The van der Waals surface area contributed by atoms with Crippen LogP contribution in [0.2, 0.25) is 0 Å². The fourth-order valence-electron chi connectivity index (χ4n) is 5.63. The lowest BCUT2D eigenvalue weighted by molar-refractivity contribution is 0.0970. The molecule has 0 atom stereocenters. The standard InChI is InChI=1S/C26H35FN2O2S/c1-19-16-20(2)26(21(3)17-19)32(30,31)29-14-10-25(11-15-29)28-12-8-23(9-13-28)18-22-4-6-24(27)7-5-22/h4-7,16-17,23,25H,8-15,18H2,1-3H3. The molecule has 0 bridgehead atoms. The molecule has 0 N–H and O–H groups in total. The van der Waals surface area contributed by atoms with E-state index in [2.05, 4.69) is 4.90 Å². The number of aryl methyl sites for hydroxylation is 3. The molecule has 2 heterocycles. The van der Waals surface area contributed by atoms with E-state index in [0.717, 1.165) is 61.9 Å². The number of halogens is 1. The fraction of sp³-hybridized carbons (Fsp3) is 0.538. The monoisotopic (exact) mass is 458 g/mol. The number of hydrogen-bond acceptors (Lipinski definition) is 3. The molecular weight excluding hydrogens is 423 g/mol. The largest absolute Gasteiger partial charge is 0.300 e. The van der Waals surface area contributed by atoms with Gasteiger partial charge in [0.2, 0.25) is 10.0 Å². The molecule has 0 saturated carbocycles. The third kappa shape index (κ3) is 5.08. The van der Waals surface area contributed by atoms with E-state index in [-0.39, 0.29) is 5.82 Å². The fourth-order valence-corrected chi connectivity index (χ4v) is 7.51. The van der Waals surface area contributed by atoms with Gasteiger partial charge in [0, 0.05) is 19.1 Å². The van der Waals surface area contributed by atoms with E-state index in [4.69, 9.17) is 0 Å². The van der Waals surface area contributed by atoms with Gasteiger partial charge in [0.1, 0.15) is 5.82 Å². The number of nitrogens with zero attached hydrogens (tertiary/aromatic N) is 2. The van der Waals surface area contributed by atoms with E-state index in [1.165, 1.54) is 5.56 Å². The number of hydrogen-bond donors (Lipinski definition) is 0.